The summed E-state index contributed by atoms with van der Waals surface area (Å²) in [4.78, 5) is 27.2. The molecule has 204 valence electrons. The van der Waals surface area contributed by atoms with Crippen molar-refractivity contribution >= 4 is 22.9 Å². The van der Waals surface area contributed by atoms with E-state index in [0.29, 0.717) is 33.6 Å². The third kappa shape index (κ3) is 3.38. The molecule has 0 atom stereocenters. The van der Waals surface area contributed by atoms with Crippen LogP contribution in [0.5, 0.6) is 0 Å². The lowest BCUT2D eigenvalue weighted by Gasteiger charge is -2.31. The zero-order chi connectivity index (χ0) is 29.3. The lowest BCUT2D eigenvalue weighted by Crippen LogP contribution is -2.26. The summed E-state index contributed by atoms with van der Waals surface area (Å²) >= 11 is 0. The SMILES string of the molecule is Nc1cc2c(cc1C(=O)c1ccccc1)-c1ccccc1C21c2ccccc2-c2cc(C(=O)c3ccccc3)c(N)cc21. The van der Waals surface area contributed by atoms with E-state index in [4.69, 9.17) is 11.5 Å². The lowest BCUT2D eigenvalue weighted by atomic mass is 9.70. The predicted molar refractivity (Wildman–Crippen MR) is 171 cm³/mol. The van der Waals surface area contributed by atoms with Crippen molar-refractivity contribution in [3.63, 3.8) is 0 Å². The molecule has 0 fully saturated rings. The van der Waals surface area contributed by atoms with Crippen molar-refractivity contribution in [3.8, 4) is 22.3 Å². The number of nitrogens with two attached hydrogens (primary N) is 2. The molecule has 2 aliphatic carbocycles. The summed E-state index contributed by atoms with van der Waals surface area (Å²) in [5, 5.41) is 0. The molecule has 8 rings (SSSR count). The van der Waals surface area contributed by atoms with Gasteiger partial charge in [0.2, 0.25) is 0 Å². The highest BCUT2D eigenvalue weighted by molar-refractivity contribution is 6.15. The van der Waals surface area contributed by atoms with Gasteiger partial charge in [-0.3, -0.25) is 9.59 Å². The van der Waals surface area contributed by atoms with Crippen LogP contribution in [-0.2, 0) is 5.41 Å². The van der Waals surface area contributed by atoms with E-state index in [2.05, 4.69) is 24.3 Å². The Balaban J connectivity index is 1.41. The van der Waals surface area contributed by atoms with E-state index >= 15 is 0 Å². The van der Waals surface area contributed by atoms with E-state index < -0.39 is 5.41 Å². The fourth-order valence-electron chi connectivity index (χ4n) is 7.14. The predicted octanol–water partition coefficient (Wildman–Crippen LogP) is 7.66. The number of carbonyl (C=O) groups excluding carboxylic acids is 2. The van der Waals surface area contributed by atoms with Gasteiger partial charge in [0.15, 0.2) is 11.6 Å². The van der Waals surface area contributed by atoms with Gasteiger partial charge in [-0.1, -0.05) is 109 Å². The molecule has 0 saturated carbocycles. The first-order valence-corrected chi connectivity index (χ1v) is 14.3. The van der Waals surface area contributed by atoms with Gasteiger partial charge in [0.1, 0.15) is 0 Å². The highest BCUT2D eigenvalue weighted by Gasteiger charge is 2.52. The quantitative estimate of drug-likeness (QED) is 0.173. The topological polar surface area (TPSA) is 86.2 Å². The monoisotopic (exact) mass is 554 g/mol. The van der Waals surface area contributed by atoms with Crippen LogP contribution in [0, 0.1) is 0 Å². The molecule has 0 saturated heterocycles. The Labute approximate surface area is 249 Å². The Kier molecular flexibility index (Phi) is 5.31. The fraction of sp³-hybridized carbons (Fsp3) is 0.0256. The Morgan fingerprint density at radius 1 is 0.419 bits per heavy atom. The van der Waals surface area contributed by atoms with Gasteiger partial charge in [0, 0.05) is 33.6 Å². The van der Waals surface area contributed by atoms with E-state index in [1.54, 1.807) is 0 Å². The van der Waals surface area contributed by atoms with E-state index in [9.17, 15) is 9.59 Å². The fourth-order valence-corrected chi connectivity index (χ4v) is 7.14. The average Bonchev–Trinajstić information content (AvgIpc) is 3.50. The van der Waals surface area contributed by atoms with Crippen LogP contribution in [0.1, 0.15) is 54.1 Å². The van der Waals surface area contributed by atoms with Crippen molar-refractivity contribution < 1.29 is 9.59 Å². The summed E-state index contributed by atoms with van der Waals surface area (Å²) in [5.41, 5.74) is 24.0. The number of hydrogen-bond acceptors (Lipinski definition) is 4. The molecule has 4 N–H and O–H groups in total. The summed E-state index contributed by atoms with van der Waals surface area (Å²) in [7, 11) is 0. The number of hydrogen-bond donors (Lipinski definition) is 2. The van der Waals surface area contributed by atoms with E-state index in [0.717, 1.165) is 44.5 Å². The van der Waals surface area contributed by atoms with Crippen LogP contribution in [0.2, 0.25) is 0 Å². The molecule has 6 aromatic rings. The number of benzene rings is 6. The van der Waals surface area contributed by atoms with Gasteiger partial charge in [-0.25, -0.2) is 0 Å². The second-order valence-electron chi connectivity index (χ2n) is 11.2. The molecule has 0 aliphatic heterocycles. The molecule has 43 heavy (non-hydrogen) atoms. The molecular weight excluding hydrogens is 528 g/mol. The van der Waals surface area contributed by atoms with Crippen LogP contribution in [0.15, 0.2) is 133 Å². The first kappa shape index (κ1) is 25.0. The number of nitrogen functional groups attached to an aromatic ring is 2. The first-order chi connectivity index (χ1) is 21.0. The second kappa shape index (κ2) is 9.13. The summed E-state index contributed by atoms with van der Waals surface area (Å²) in [5.74, 6) is -0.222. The summed E-state index contributed by atoms with van der Waals surface area (Å²) < 4.78 is 0. The van der Waals surface area contributed by atoms with Crippen molar-refractivity contribution in [1.82, 2.24) is 0 Å². The minimum absolute atomic E-state index is 0.111. The van der Waals surface area contributed by atoms with Crippen LogP contribution < -0.4 is 11.5 Å². The van der Waals surface area contributed by atoms with Crippen molar-refractivity contribution in [3.05, 3.63) is 178 Å². The molecule has 1 spiro atoms. The number of anilines is 2. The van der Waals surface area contributed by atoms with Crippen molar-refractivity contribution in [2.75, 3.05) is 11.5 Å². The van der Waals surface area contributed by atoms with Gasteiger partial charge in [-0.15, -0.1) is 0 Å². The molecule has 0 unspecified atom stereocenters. The third-order valence-electron chi connectivity index (χ3n) is 8.99. The Hall–Kier alpha value is -5.74. The molecule has 0 radical (unpaired) electrons. The minimum atomic E-state index is -0.706. The third-order valence-corrected chi connectivity index (χ3v) is 8.99. The van der Waals surface area contributed by atoms with E-state index in [1.165, 1.54) is 0 Å². The molecule has 0 aromatic heterocycles. The lowest BCUT2D eigenvalue weighted by molar-refractivity contribution is 0.103. The van der Waals surface area contributed by atoms with Gasteiger partial charge in [-0.2, -0.15) is 0 Å². The molecule has 6 aromatic carbocycles. The van der Waals surface area contributed by atoms with Crippen LogP contribution >= 0.6 is 0 Å². The Morgan fingerprint density at radius 3 is 1.21 bits per heavy atom. The normalized spacial score (nSPS) is 13.2. The maximum absolute atomic E-state index is 13.6. The Morgan fingerprint density at radius 2 is 0.791 bits per heavy atom. The van der Waals surface area contributed by atoms with Crippen LogP contribution in [0.25, 0.3) is 22.3 Å². The number of carbonyl (C=O) groups is 2. The minimum Gasteiger partial charge on any atom is -0.398 e. The van der Waals surface area contributed by atoms with Gasteiger partial charge in [0.25, 0.3) is 0 Å². The van der Waals surface area contributed by atoms with Crippen LogP contribution in [0.3, 0.4) is 0 Å². The Bertz CT molecular complexity index is 1980. The van der Waals surface area contributed by atoms with Gasteiger partial charge < -0.3 is 11.5 Å². The standard InChI is InChI=1S/C39H26N2O2/c40-35-21-33-27(19-29(35)37(42)23-11-3-1-4-12-23)25-15-7-9-17-31(25)39(33)32-18-10-8-16-26(32)28-20-30(36(41)22-34(28)39)38(43)24-13-5-2-6-14-24/h1-22H,40-41H2. The van der Waals surface area contributed by atoms with Gasteiger partial charge in [0.05, 0.1) is 5.41 Å². The summed E-state index contributed by atoms with van der Waals surface area (Å²) in [6.45, 7) is 0. The number of ketones is 2. The van der Waals surface area contributed by atoms with Crippen molar-refractivity contribution in [2.24, 2.45) is 0 Å². The summed E-state index contributed by atoms with van der Waals surface area (Å²) in [6, 6.07) is 42.9. The molecule has 4 heteroatoms. The molecule has 0 heterocycles. The maximum Gasteiger partial charge on any atom is 0.195 e. The number of fused-ring (bicyclic) bond motifs is 10. The van der Waals surface area contributed by atoms with Gasteiger partial charge in [-0.05, 0) is 68.8 Å². The highest BCUT2D eigenvalue weighted by Crippen LogP contribution is 2.63. The van der Waals surface area contributed by atoms with E-state index in [1.807, 2.05) is 109 Å². The van der Waals surface area contributed by atoms with Crippen LogP contribution in [-0.4, -0.2) is 11.6 Å². The van der Waals surface area contributed by atoms with E-state index in [-0.39, 0.29) is 11.6 Å². The number of rotatable bonds is 4. The molecular formula is C39H26N2O2. The molecule has 2 aliphatic rings. The smallest absolute Gasteiger partial charge is 0.195 e. The average molecular weight is 555 g/mol. The first-order valence-electron chi connectivity index (χ1n) is 14.3. The van der Waals surface area contributed by atoms with Gasteiger partial charge >= 0.3 is 0 Å². The second-order valence-corrected chi connectivity index (χ2v) is 11.2. The molecule has 4 nitrogen and oxygen atoms in total. The molecule has 0 amide bonds. The molecule has 0 bridgehead atoms. The highest BCUT2D eigenvalue weighted by atomic mass is 16.1. The van der Waals surface area contributed by atoms with Crippen molar-refractivity contribution in [2.45, 2.75) is 5.41 Å². The zero-order valence-electron chi connectivity index (χ0n) is 23.2. The maximum atomic E-state index is 13.6. The largest absolute Gasteiger partial charge is 0.398 e. The summed E-state index contributed by atoms with van der Waals surface area (Å²) in [6.07, 6.45) is 0. The van der Waals surface area contributed by atoms with Crippen molar-refractivity contribution in [1.29, 1.82) is 0 Å². The van der Waals surface area contributed by atoms with Crippen LogP contribution in [0.4, 0.5) is 11.4 Å². The zero-order valence-corrected chi connectivity index (χ0v) is 23.2.